The van der Waals surface area contributed by atoms with Crippen LogP contribution < -0.4 is 5.32 Å². The molecular weight excluding hydrogens is 406 g/mol. The molecule has 0 unspecified atom stereocenters. The highest BCUT2D eigenvalue weighted by atomic mass is 16.3. The second kappa shape index (κ2) is 7.01. The zero-order chi connectivity index (χ0) is 21.8. The molecule has 0 bridgehead atoms. The average molecular weight is 425 g/mol. The Labute approximate surface area is 189 Å². The third-order valence-electron chi connectivity index (χ3n) is 6.26. The summed E-state index contributed by atoms with van der Waals surface area (Å²) >= 11 is 0. The van der Waals surface area contributed by atoms with Crippen molar-refractivity contribution in [3.8, 4) is 11.1 Å². The van der Waals surface area contributed by atoms with Crippen LogP contribution in [0.5, 0.6) is 0 Å². The lowest BCUT2D eigenvalue weighted by Crippen LogP contribution is -1.91. The van der Waals surface area contributed by atoms with Crippen molar-refractivity contribution in [3.63, 3.8) is 0 Å². The summed E-state index contributed by atoms with van der Waals surface area (Å²) in [6.07, 6.45) is 0. The molecule has 0 amide bonds. The molecule has 0 radical (unpaired) electrons. The summed E-state index contributed by atoms with van der Waals surface area (Å²) in [5.41, 5.74) is 7.91. The van der Waals surface area contributed by atoms with Crippen LogP contribution in [0.15, 0.2) is 118 Å². The molecule has 33 heavy (non-hydrogen) atoms. The van der Waals surface area contributed by atoms with Gasteiger partial charge in [-0.1, -0.05) is 60.7 Å². The molecule has 0 saturated carbocycles. The fraction of sp³-hybridized carbons (Fsp3) is 0. The summed E-state index contributed by atoms with van der Waals surface area (Å²) in [4.78, 5) is 0. The molecule has 3 nitrogen and oxygen atoms in total. The van der Waals surface area contributed by atoms with E-state index in [9.17, 15) is 0 Å². The fourth-order valence-corrected chi connectivity index (χ4v) is 4.72. The van der Waals surface area contributed by atoms with Gasteiger partial charge in [0.2, 0.25) is 0 Å². The van der Waals surface area contributed by atoms with Crippen molar-refractivity contribution in [2.75, 3.05) is 5.32 Å². The molecule has 3 heteroatoms. The van der Waals surface area contributed by atoms with Crippen molar-refractivity contribution in [1.82, 2.24) is 0 Å². The molecule has 7 aromatic rings. The van der Waals surface area contributed by atoms with Gasteiger partial charge in [0, 0.05) is 21.8 Å². The van der Waals surface area contributed by atoms with Crippen LogP contribution in [0.4, 0.5) is 11.4 Å². The van der Waals surface area contributed by atoms with Crippen LogP contribution in [-0.2, 0) is 0 Å². The van der Waals surface area contributed by atoms with Crippen LogP contribution in [0.25, 0.3) is 55.0 Å². The molecule has 0 spiro atoms. The van der Waals surface area contributed by atoms with Gasteiger partial charge < -0.3 is 14.2 Å². The number of rotatable bonds is 3. The Morgan fingerprint density at radius 1 is 0.455 bits per heavy atom. The zero-order valence-electron chi connectivity index (χ0n) is 17.7. The largest absolute Gasteiger partial charge is 0.456 e. The van der Waals surface area contributed by atoms with Gasteiger partial charge in [0.05, 0.1) is 11.1 Å². The summed E-state index contributed by atoms with van der Waals surface area (Å²) in [6, 6.07) is 37.3. The first-order chi connectivity index (χ1) is 16.3. The summed E-state index contributed by atoms with van der Waals surface area (Å²) < 4.78 is 12.1. The van der Waals surface area contributed by atoms with Gasteiger partial charge in [-0.25, -0.2) is 0 Å². The van der Waals surface area contributed by atoms with Crippen LogP contribution in [-0.4, -0.2) is 0 Å². The van der Waals surface area contributed by atoms with Crippen LogP contribution in [0, 0.1) is 0 Å². The topological polar surface area (TPSA) is 38.3 Å². The quantitative estimate of drug-likeness (QED) is 0.307. The van der Waals surface area contributed by atoms with Gasteiger partial charge in [-0.3, -0.25) is 0 Å². The normalized spacial score (nSPS) is 11.6. The predicted molar refractivity (Wildman–Crippen MR) is 136 cm³/mol. The molecule has 5 aromatic carbocycles. The second-order valence-electron chi connectivity index (χ2n) is 8.29. The van der Waals surface area contributed by atoms with Gasteiger partial charge in [-0.2, -0.15) is 0 Å². The van der Waals surface area contributed by atoms with Gasteiger partial charge in [0.15, 0.2) is 0 Å². The number of benzene rings is 5. The summed E-state index contributed by atoms with van der Waals surface area (Å²) in [6.45, 7) is 0. The number of nitrogens with one attached hydrogen (secondary N) is 1. The SMILES string of the molecule is c1cc(Nc2cccc3oc4ccccc4c23)cc(-c2ccc3c(c2)oc2ccccc23)c1. The Morgan fingerprint density at radius 3 is 2.03 bits per heavy atom. The lowest BCUT2D eigenvalue weighted by molar-refractivity contribution is 0.668. The van der Waals surface area contributed by atoms with E-state index in [0.717, 1.165) is 66.4 Å². The minimum atomic E-state index is 0.882. The lowest BCUT2D eigenvalue weighted by Gasteiger charge is -2.10. The number of anilines is 2. The molecule has 156 valence electrons. The molecule has 0 aliphatic heterocycles. The zero-order valence-corrected chi connectivity index (χ0v) is 17.7. The summed E-state index contributed by atoms with van der Waals surface area (Å²) in [7, 11) is 0. The van der Waals surface area contributed by atoms with Crippen molar-refractivity contribution in [2.45, 2.75) is 0 Å². The molecule has 1 N–H and O–H groups in total. The maximum absolute atomic E-state index is 6.09. The molecule has 2 heterocycles. The molecule has 2 aromatic heterocycles. The second-order valence-corrected chi connectivity index (χ2v) is 8.29. The maximum atomic E-state index is 6.09. The number of fused-ring (bicyclic) bond motifs is 6. The first kappa shape index (κ1) is 18.1. The van der Waals surface area contributed by atoms with E-state index in [1.165, 1.54) is 0 Å². The fourth-order valence-electron chi connectivity index (χ4n) is 4.72. The van der Waals surface area contributed by atoms with Gasteiger partial charge in [0.1, 0.15) is 22.3 Å². The van der Waals surface area contributed by atoms with Crippen molar-refractivity contribution in [2.24, 2.45) is 0 Å². The van der Waals surface area contributed by atoms with Crippen LogP contribution >= 0.6 is 0 Å². The Bertz CT molecular complexity index is 1810. The van der Waals surface area contributed by atoms with Crippen LogP contribution in [0.1, 0.15) is 0 Å². The smallest absolute Gasteiger partial charge is 0.137 e. The highest BCUT2D eigenvalue weighted by molar-refractivity contribution is 6.12. The number of para-hydroxylation sites is 2. The summed E-state index contributed by atoms with van der Waals surface area (Å²) in [5.74, 6) is 0. The van der Waals surface area contributed by atoms with Crippen molar-refractivity contribution in [3.05, 3.63) is 109 Å². The van der Waals surface area contributed by atoms with Crippen molar-refractivity contribution < 1.29 is 8.83 Å². The van der Waals surface area contributed by atoms with Crippen LogP contribution in [0.3, 0.4) is 0 Å². The first-order valence-electron chi connectivity index (χ1n) is 11.0. The van der Waals surface area contributed by atoms with Gasteiger partial charge in [0.25, 0.3) is 0 Å². The Hall–Kier alpha value is -4.50. The molecule has 0 fully saturated rings. The monoisotopic (exact) mass is 425 g/mol. The summed E-state index contributed by atoms with van der Waals surface area (Å²) in [5, 5.41) is 8.11. The molecule has 0 aliphatic rings. The lowest BCUT2D eigenvalue weighted by atomic mass is 10.0. The minimum Gasteiger partial charge on any atom is -0.456 e. The van der Waals surface area contributed by atoms with E-state index in [1.807, 2.05) is 48.5 Å². The average Bonchev–Trinajstić information content (AvgIpc) is 3.42. The van der Waals surface area contributed by atoms with E-state index in [4.69, 9.17) is 8.83 Å². The van der Waals surface area contributed by atoms with Gasteiger partial charge in [-0.15, -0.1) is 0 Å². The highest BCUT2D eigenvalue weighted by Crippen LogP contribution is 2.37. The molecular formula is C30H19NO2. The van der Waals surface area contributed by atoms with Crippen molar-refractivity contribution in [1.29, 1.82) is 0 Å². The third-order valence-corrected chi connectivity index (χ3v) is 6.26. The molecule has 0 atom stereocenters. The van der Waals surface area contributed by atoms with E-state index in [0.29, 0.717) is 0 Å². The minimum absolute atomic E-state index is 0.882. The van der Waals surface area contributed by atoms with E-state index >= 15 is 0 Å². The number of furan rings is 2. The molecule has 0 saturated heterocycles. The maximum Gasteiger partial charge on any atom is 0.137 e. The molecule has 0 aliphatic carbocycles. The van der Waals surface area contributed by atoms with Crippen LogP contribution in [0.2, 0.25) is 0 Å². The van der Waals surface area contributed by atoms with E-state index in [-0.39, 0.29) is 0 Å². The van der Waals surface area contributed by atoms with Gasteiger partial charge >= 0.3 is 0 Å². The number of hydrogen-bond acceptors (Lipinski definition) is 3. The van der Waals surface area contributed by atoms with E-state index < -0.39 is 0 Å². The number of hydrogen-bond donors (Lipinski definition) is 1. The highest BCUT2D eigenvalue weighted by Gasteiger charge is 2.12. The van der Waals surface area contributed by atoms with Crippen molar-refractivity contribution >= 4 is 55.3 Å². The predicted octanol–water partition coefficient (Wildman–Crippen LogP) is 8.90. The van der Waals surface area contributed by atoms with E-state index in [1.54, 1.807) is 0 Å². The Morgan fingerprint density at radius 2 is 1.12 bits per heavy atom. The van der Waals surface area contributed by atoms with Gasteiger partial charge in [-0.05, 0) is 59.7 Å². The van der Waals surface area contributed by atoms with E-state index in [2.05, 4.69) is 66.0 Å². The Kier molecular flexibility index (Phi) is 3.84. The first-order valence-corrected chi connectivity index (χ1v) is 11.0. The Balaban J connectivity index is 1.30. The standard InChI is InChI=1S/C30H19NO2/c1-3-12-26-22(9-1)23-16-15-20(18-29(23)33-26)19-7-5-8-21(17-19)31-25-11-6-14-28-30(25)24-10-2-4-13-27(24)32-28/h1-18,31H. The molecule has 7 rings (SSSR count). The third kappa shape index (κ3) is 2.90.